The maximum absolute atomic E-state index is 13.2. The Kier molecular flexibility index (Phi) is 3.72. The highest BCUT2D eigenvalue weighted by Crippen LogP contribution is 2.33. The molecule has 0 aliphatic heterocycles. The van der Waals surface area contributed by atoms with Gasteiger partial charge in [0.15, 0.2) is 5.65 Å². The molecule has 3 aromatic rings. The molecule has 0 saturated heterocycles. The summed E-state index contributed by atoms with van der Waals surface area (Å²) in [6, 6.07) is 6.50. The quantitative estimate of drug-likeness (QED) is 0.741. The molecule has 122 valence electrons. The molecule has 23 heavy (non-hydrogen) atoms. The van der Waals surface area contributed by atoms with E-state index in [1.807, 2.05) is 0 Å². The van der Waals surface area contributed by atoms with Crippen molar-refractivity contribution >= 4 is 28.4 Å². The van der Waals surface area contributed by atoms with Gasteiger partial charge in [-0.05, 0) is 26.0 Å². The Morgan fingerprint density at radius 3 is 2.52 bits per heavy atom. The van der Waals surface area contributed by atoms with E-state index in [1.165, 1.54) is 0 Å². The average Bonchev–Trinajstić information content (AvgIpc) is 2.89. The molecule has 0 unspecified atom stereocenters. The monoisotopic (exact) mass is 342 g/mol. The summed E-state index contributed by atoms with van der Waals surface area (Å²) < 4.78 is 40.6. The Hall–Kier alpha value is -1.87. The van der Waals surface area contributed by atoms with E-state index in [9.17, 15) is 18.3 Å². The SMILES string of the molecule is CC(C)(O)CSc1nc2ccccc2n2c(C(F)(F)F)nnc12. The van der Waals surface area contributed by atoms with Crippen LogP contribution in [0.25, 0.3) is 16.7 Å². The van der Waals surface area contributed by atoms with Crippen molar-refractivity contribution in [2.75, 3.05) is 5.75 Å². The second kappa shape index (κ2) is 5.34. The highest BCUT2D eigenvalue weighted by Gasteiger charge is 2.38. The largest absolute Gasteiger partial charge is 0.452 e. The van der Waals surface area contributed by atoms with Crippen molar-refractivity contribution in [1.29, 1.82) is 0 Å². The van der Waals surface area contributed by atoms with Gasteiger partial charge < -0.3 is 5.11 Å². The van der Waals surface area contributed by atoms with Crippen LogP contribution in [0, 0.1) is 0 Å². The molecule has 3 rings (SSSR count). The van der Waals surface area contributed by atoms with Crippen molar-refractivity contribution < 1.29 is 18.3 Å². The van der Waals surface area contributed by atoms with Crippen LogP contribution >= 0.6 is 11.8 Å². The molecule has 0 atom stereocenters. The zero-order chi connectivity index (χ0) is 16.8. The van der Waals surface area contributed by atoms with Crippen LogP contribution in [0.4, 0.5) is 13.2 Å². The van der Waals surface area contributed by atoms with Crippen molar-refractivity contribution in [2.45, 2.75) is 30.7 Å². The van der Waals surface area contributed by atoms with Gasteiger partial charge in [0, 0.05) is 5.75 Å². The van der Waals surface area contributed by atoms with E-state index < -0.39 is 17.6 Å². The number of hydrogen-bond donors (Lipinski definition) is 1. The molecule has 9 heteroatoms. The maximum atomic E-state index is 13.2. The number of thioether (sulfide) groups is 1. The number of aliphatic hydroxyl groups is 1. The molecule has 1 N–H and O–H groups in total. The minimum absolute atomic E-state index is 0.0327. The summed E-state index contributed by atoms with van der Waals surface area (Å²) in [4.78, 5) is 4.36. The van der Waals surface area contributed by atoms with Crippen molar-refractivity contribution in [1.82, 2.24) is 19.6 Å². The number of halogens is 3. The van der Waals surface area contributed by atoms with Gasteiger partial charge in [-0.25, -0.2) is 4.98 Å². The zero-order valence-electron chi connectivity index (χ0n) is 12.3. The van der Waals surface area contributed by atoms with Crippen LogP contribution in [0.3, 0.4) is 0 Å². The lowest BCUT2D eigenvalue weighted by atomic mass is 10.2. The van der Waals surface area contributed by atoms with E-state index in [0.29, 0.717) is 10.5 Å². The summed E-state index contributed by atoms with van der Waals surface area (Å²) in [5.41, 5.74) is -0.261. The van der Waals surface area contributed by atoms with Gasteiger partial charge in [0.2, 0.25) is 5.82 Å². The molecule has 5 nitrogen and oxygen atoms in total. The predicted molar refractivity (Wildman–Crippen MR) is 80.3 cm³/mol. The lowest BCUT2D eigenvalue weighted by Gasteiger charge is -2.16. The van der Waals surface area contributed by atoms with Crippen molar-refractivity contribution in [3.05, 3.63) is 30.1 Å². The van der Waals surface area contributed by atoms with Crippen molar-refractivity contribution in [2.24, 2.45) is 0 Å². The summed E-state index contributed by atoms with van der Waals surface area (Å²) in [6.45, 7) is 3.23. The molecule has 0 saturated carbocycles. The first-order chi connectivity index (χ1) is 10.7. The normalized spacial score (nSPS) is 13.1. The standard InChI is InChI=1S/C14H13F3N4OS/c1-13(2,22)7-23-11-10-19-20-12(14(15,16)17)21(10)9-6-4-3-5-8(9)18-11/h3-6,22H,7H2,1-2H3. The summed E-state index contributed by atoms with van der Waals surface area (Å²) in [7, 11) is 0. The number of hydrogen-bond acceptors (Lipinski definition) is 5. The Labute approximate surface area is 133 Å². The fourth-order valence-corrected chi connectivity index (χ4v) is 3.00. The van der Waals surface area contributed by atoms with E-state index in [-0.39, 0.29) is 16.9 Å². The number of alkyl halides is 3. The van der Waals surface area contributed by atoms with Gasteiger partial charge in [0.1, 0.15) is 5.03 Å². The highest BCUT2D eigenvalue weighted by atomic mass is 32.2. The summed E-state index contributed by atoms with van der Waals surface area (Å²) >= 11 is 1.14. The summed E-state index contributed by atoms with van der Waals surface area (Å²) in [6.07, 6.45) is -4.62. The zero-order valence-corrected chi connectivity index (χ0v) is 13.1. The molecule has 0 bridgehead atoms. The predicted octanol–water partition coefficient (Wildman–Crippen LogP) is 3.16. The van der Waals surface area contributed by atoms with Gasteiger partial charge in [-0.1, -0.05) is 23.9 Å². The van der Waals surface area contributed by atoms with E-state index in [2.05, 4.69) is 15.2 Å². The smallest absolute Gasteiger partial charge is 0.390 e. The van der Waals surface area contributed by atoms with Gasteiger partial charge in [-0.15, -0.1) is 10.2 Å². The third-order valence-electron chi connectivity index (χ3n) is 3.01. The highest BCUT2D eigenvalue weighted by molar-refractivity contribution is 7.99. The molecule has 0 amide bonds. The second-order valence-corrected chi connectivity index (χ2v) is 6.65. The minimum Gasteiger partial charge on any atom is -0.390 e. The Bertz CT molecular complexity index is 870. The fourth-order valence-electron chi connectivity index (χ4n) is 2.08. The molecule has 0 aliphatic carbocycles. The molecule has 0 aliphatic rings. The molecule has 0 spiro atoms. The number of fused-ring (bicyclic) bond motifs is 3. The van der Waals surface area contributed by atoms with Crippen LogP contribution in [-0.2, 0) is 6.18 Å². The van der Waals surface area contributed by atoms with Crippen LogP contribution in [0.5, 0.6) is 0 Å². The molecule has 0 radical (unpaired) electrons. The maximum Gasteiger partial charge on any atom is 0.452 e. The second-order valence-electron chi connectivity index (χ2n) is 5.69. The van der Waals surface area contributed by atoms with Crippen molar-refractivity contribution in [3.63, 3.8) is 0 Å². The van der Waals surface area contributed by atoms with Crippen LogP contribution in [0.2, 0.25) is 0 Å². The van der Waals surface area contributed by atoms with Gasteiger partial charge >= 0.3 is 6.18 Å². The topological polar surface area (TPSA) is 63.3 Å². The number of nitrogens with zero attached hydrogens (tertiary/aromatic N) is 4. The average molecular weight is 342 g/mol. The fraction of sp³-hybridized carbons (Fsp3) is 0.357. The third kappa shape index (κ3) is 3.11. The molecular formula is C14H13F3N4OS. The van der Waals surface area contributed by atoms with Crippen LogP contribution in [0.1, 0.15) is 19.7 Å². The molecule has 0 fully saturated rings. The van der Waals surface area contributed by atoms with E-state index >= 15 is 0 Å². The van der Waals surface area contributed by atoms with E-state index in [4.69, 9.17) is 0 Å². The molecule has 2 heterocycles. The molecule has 1 aromatic carbocycles. The third-order valence-corrected chi connectivity index (χ3v) is 4.41. The Morgan fingerprint density at radius 1 is 1.17 bits per heavy atom. The van der Waals surface area contributed by atoms with E-state index in [0.717, 1.165) is 16.2 Å². The van der Waals surface area contributed by atoms with Gasteiger partial charge in [0.05, 0.1) is 16.6 Å². The van der Waals surface area contributed by atoms with Crippen LogP contribution < -0.4 is 0 Å². The number of aromatic nitrogens is 4. The van der Waals surface area contributed by atoms with Gasteiger partial charge in [-0.3, -0.25) is 4.40 Å². The first-order valence-electron chi connectivity index (χ1n) is 6.73. The molecular weight excluding hydrogens is 329 g/mol. The van der Waals surface area contributed by atoms with Gasteiger partial charge in [0.25, 0.3) is 0 Å². The number of para-hydroxylation sites is 2. The Balaban J connectivity index is 2.26. The first kappa shape index (κ1) is 16.0. The minimum atomic E-state index is -4.62. The lowest BCUT2D eigenvalue weighted by Crippen LogP contribution is -2.21. The number of benzene rings is 1. The molecule has 2 aromatic heterocycles. The lowest BCUT2D eigenvalue weighted by molar-refractivity contribution is -0.145. The van der Waals surface area contributed by atoms with E-state index in [1.54, 1.807) is 38.1 Å². The summed E-state index contributed by atoms with van der Waals surface area (Å²) in [5.74, 6) is -0.821. The van der Waals surface area contributed by atoms with Crippen LogP contribution in [-0.4, -0.2) is 36.0 Å². The van der Waals surface area contributed by atoms with Crippen LogP contribution in [0.15, 0.2) is 29.3 Å². The van der Waals surface area contributed by atoms with Gasteiger partial charge in [-0.2, -0.15) is 13.2 Å². The summed E-state index contributed by atoms with van der Waals surface area (Å²) in [5, 5.41) is 17.1. The van der Waals surface area contributed by atoms with Crippen molar-refractivity contribution in [3.8, 4) is 0 Å². The Morgan fingerprint density at radius 2 is 1.87 bits per heavy atom. The first-order valence-corrected chi connectivity index (χ1v) is 7.72. The number of rotatable bonds is 3.